The number of hydrogen-bond donors (Lipinski definition) is 2. The smallest absolute Gasteiger partial charge is 0.224 e. The first-order chi connectivity index (χ1) is 16.9. The van der Waals surface area contributed by atoms with Crippen LogP contribution in [0.4, 0.5) is 11.4 Å². The molecule has 4 heteroatoms. The molecule has 0 heterocycles. The lowest BCUT2D eigenvalue weighted by atomic mass is 9.78. The molecule has 2 amide bonds. The zero-order valence-corrected chi connectivity index (χ0v) is 21.6. The van der Waals surface area contributed by atoms with Crippen LogP contribution in [0.3, 0.4) is 0 Å². The third kappa shape index (κ3) is 7.19. The Kier molecular flexibility index (Phi) is 8.64. The average molecular weight is 475 g/mol. The van der Waals surface area contributed by atoms with Crippen LogP contribution < -0.4 is 10.6 Å². The molecule has 2 aromatic carbocycles. The standard InChI is InChI=1S/C31H42N2O2/c1-31(2,25-13-17-27(18-14-25)32-29(34)21-23-9-5-3-6-10-23)26-15-19-28(20-16-26)33-30(35)22-24-11-7-4-8-12-24/h13-20,23-24H,3-12,21-22H2,1-2H3,(H,32,34)(H,33,35). The number of amides is 2. The number of benzene rings is 2. The summed E-state index contributed by atoms with van der Waals surface area (Å²) in [5, 5.41) is 6.17. The number of carbonyl (C=O) groups excluding carboxylic acids is 2. The van der Waals surface area contributed by atoms with Crippen LogP contribution in [0.1, 0.15) is 102 Å². The van der Waals surface area contributed by atoms with E-state index in [-0.39, 0.29) is 17.2 Å². The lowest BCUT2D eigenvalue weighted by molar-refractivity contribution is -0.118. The van der Waals surface area contributed by atoms with Crippen LogP contribution in [0.2, 0.25) is 0 Å². The Hall–Kier alpha value is -2.62. The van der Waals surface area contributed by atoms with Gasteiger partial charge in [0.1, 0.15) is 0 Å². The Morgan fingerprint density at radius 3 is 1.31 bits per heavy atom. The van der Waals surface area contributed by atoms with Gasteiger partial charge in [-0.3, -0.25) is 9.59 Å². The summed E-state index contributed by atoms with van der Waals surface area (Å²) in [4.78, 5) is 24.9. The summed E-state index contributed by atoms with van der Waals surface area (Å²) < 4.78 is 0. The minimum atomic E-state index is -0.185. The van der Waals surface area contributed by atoms with Crippen LogP contribution in [0.5, 0.6) is 0 Å². The molecule has 0 aliphatic heterocycles. The number of hydrogen-bond acceptors (Lipinski definition) is 2. The van der Waals surface area contributed by atoms with Crippen molar-refractivity contribution in [3.05, 3.63) is 59.7 Å². The maximum atomic E-state index is 12.5. The highest BCUT2D eigenvalue weighted by atomic mass is 16.2. The third-order valence-corrected chi connectivity index (χ3v) is 8.18. The van der Waals surface area contributed by atoms with E-state index in [1.54, 1.807) is 0 Å². The van der Waals surface area contributed by atoms with Gasteiger partial charge in [0.15, 0.2) is 0 Å². The minimum absolute atomic E-state index is 0.130. The van der Waals surface area contributed by atoms with Crippen molar-refractivity contribution in [2.24, 2.45) is 11.8 Å². The van der Waals surface area contributed by atoms with Crippen molar-refractivity contribution in [2.45, 2.75) is 96.3 Å². The van der Waals surface area contributed by atoms with Crippen LogP contribution in [0.15, 0.2) is 48.5 Å². The van der Waals surface area contributed by atoms with Gasteiger partial charge in [-0.15, -0.1) is 0 Å². The molecule has 4 nitrogen and oxygen atoms in total. The second-order valence-electron chi connectivity index (χ2n) is 11.3. The van der Waals surface area contributed by atoms with Gasteiger partial charge in [0.2, 0.25) is 11.8 Å². The monoisotopic (exact) mass is 474 g/mol. The first-order valence-corrected chi connectivity index (χ1v) is 13.7. The van der Waals surface area contributed by atoms with Gasteiger partial charge < -0.3 is 10.6 Å². The zero-order valence-electron chi connectivity index (χ0n) is 21.6. The van der Waals surface area contributed by atoms with Crippen molar-refractivity contribution >= 4 is 23.2 Å². The van der Waals surface area contributed by atoms with Gasteiger partial charge >= 0.3 is 0 Å². The van der Waals surface area contributed by atoms with Crippen molar-refractivity contribution in [1.29, 1.82) is 0 Å². The molecule has 2 aliphatic carbocycles. The SMILES string of the molecule is CC(C)(c1ccc(NC(=O)CC2CCCCC2)cc1)c1ccc(NC(=O)CC2CCCCC2)cc1. The summed E-state index contributed by atoms with van der Waals surface area (Å²) in [7, 11) is 0. The Morgan fingerprint density at radius 1 is 0.629 bits per heavy atom. The van der Waals surface area contributed by atoms with Gasteiger partial charge in [0.25, 0.3) is 0 Å². The maximum absolute atomic E-state index is 12.5. The van der Waals surface area contributed by atoms with Gasteiger partial charge in [0, 0.05) is 29.6 Å². The number of nitrogens with one attached hydrogen (secondary N) is 2. The summed E-state index contributed by atoms with van der Waals surface area (Å²) in [6.45, 7) is 4.42. The minimum Gasteiger partial charge on any atom is -0.326 e. The molecule has 2 saturated carbocycles. The van der Waals surface area contributed by atoms with E-state index in [9.17, 15) is 9.59 Å². The van der Waals surface area contributed by atoms with Crippen LogP contribution in [0.25, 0.3) is 0 Å². The molecule has 2 N–H and O–H groups in total. The average Bonchev–Trinajstić information content (AvgIpc) is 2.86. The first kappa shape index (κ1) is 25.5. The Labute approximate surface area is 211 Å². The van der Waals surface area contributed by atoms with Crippen LogP contribution in [-0.2, 0) is 15.0 Å². The maximum Gasteiger partial charge on any atom is 0.224 e. The second-order valence-corrected chi connectivity index (χ2v) is 11.3. The number of carbonyl (C=O) groups is 2. The Bertz CT molecular complexity index is 887. The molecule has 35 heavy (non-hydrogen) atoms. The molecule has 188 valence electrons. The summed E-state index contributed by atoms with van der Waals surface area (Å²) >= 11 is 0. The Morgan fingerprint density at radius 2 is 0.971 bits per heavy atom. The highest BCUT2D eigenvalue weighted by molar-refractivity contribution is 5.91. The van der Waals surface area contributed by atoms with E-state index in [1.807, 2.05) is 24.3 Å². The van der Waals surface area contributed by atoms with E-state index in [0.29, 0.717) is 24.7 Å². The fraction of sp³-hybridized carbons (Fsp3) is 0.548. The van der Waals surface area contributed by atoms with Crippen LogP contribution in [0, 0.1) is 11.8 Å². The van der Waals surface area contributed by atoms with E-state index in [0.717, 1.165) is 11.4 Å². The molecule has 0 saturated heterocycles. The molecule has 2 aromatic rings. The van der Waals surface area contributed by atoms with Gasteiger partial charge in [-0.2, -0.15) is 0 Å². The fourth-order valence-corrected chi connectivity index (χ4v) is 5.84. The van der Waals surface area contributed by atoms with Gasteiger partial charge in [0.05, 0.1) is 0 Å². The normalized spacial score (nSPS) is 17.7. The molecule has 0 spiro atoms. The highest BCUT2D eigenvalue weighted by Gasteiger charge is 2.24. The van der Waals surface area contributed by atoms with Gasteiger partial charge in [-0.25, -0.2) is 0 Å². The molecule has 0 atom stereocenters. The molecule has 2 aliphatic rings. The molecule has 4 rings (SSSR count). The van der Waals surface area contributed by atoms with Crippen LogP contribution >= 0.6 is 0 Å². The predicted molar refractivity (Wildman–Crippen MR) is 145 cm³/mol. The van der Waals surface area contributed by atoms with E-state index in [2.05, 4.69) is 48.7 Å². The highest BCUT2D eigenvalue weighted by Crippen LogP contribution is 2.33. The zero-order chi connectivity index (χ0) is 24.7. The van der Waals surface area contributed by atoms with Gasteiger partial charge in [-0.1, -0.05) is 76.6 Å². The number of anilines is 2. The molecular weight excluding hydrogens is 432 g/mol. The summed E-state index contributed by atoms with van der Waals surface area (Å²) in [6.07, 6.45) is 13.7. The molecule has 0 unspecified atom stereocenters. The van der Waals surface area contributed by atoms with E-state index in [1.165, 1.54) is 75.3 Å². The number of rotatable bonds is 8. The van der Waals surface area contributed by atoms with Crippen molar-refractivity contribution in [3.63, 3.8) is 0 Å². The fourth-order valence-electron chi connectivity index (χ4n) is 5.84. The van der Waals surface area contributed by atoms with Crippen molar-refractivity contribution < 1.29 is 9.59 Å². The molecule has 0 aromatic heterocycles. The van der Waals surface area contributed by atoms with E-state index >= 15 is 0 Å². The largest absolute Gasteiger partial charge is 0.326 e. The van der Waals surface area contributed by atoms with E-state index in [4.69, 9.17) is 0 Å². The summed E-state index contributed by atoms with van der Waals surface area (Å²) in [6, 6.07) is 16.5. The summed E-state index contributed by atoms with van der Waals surface area (Å²) in [5.74, 6) is 1.35. The Balaban J connectivity index is 1.31. The molecular formula is C31H42N2O2. The van der Waals surface area contributed by atoms with Gasteiger partial charge in [-0.05, 0) is 72.9 Å². The lowest BCUT2D eigenvalue weighted by Crippen LogP contribution is -2.20. The van der Waals surface area contributed by atoms with Crippen molar-refractivity contribution in [2.75, 3.05) is 10.6 Å². The molecule has 0 radical (unpaired) electrons. The van der Waals surface area contributed by atoms with Crippen molar-refractivity contribution in [3.8, 4) is 0 Å². The topological polar surface area (TPSA) is 58.2 Å². The summed E-state index contributed by atoms with van der Waals surface area (Å²) in [5.41, 5.74) is 3.92. The van der Waals surface area contributed by atoms with Crippen molar-refractivity contribution in [1.82, 2.24) is 0 Å². The second kappa shape index (κ2) is 11.9. The predicted octanol–water partition coefficient (Wildman–Crippen LogP) is 7.83. The lowest BCUT2D eigenvalue weighted by Gasteiger charge is -2.27. The molecule has 0 bridgehead atoms. The third-order valence-electron chi connectivity index (χ3n) is 8.18. The quantitative estimate of drug-likeness (QED) is 0.409. The van der Waals surface area contributed by atoms with Crippen LogP contribution in [-0.4, -0.2) is 11.8 Å². The molecule has 2 fully saturated rings. The first-order valence-electron chi connectivity index (χ1n) is 13.7. The van der Waals surface area contributed by atoms with E-state index < -0.39 is 0 Å².